The Bertz CT molecular complexity index is 625. The highest BCUT2D eigenvalue weighted by Gasteiger charge is 2.31. The zero-order valence-electron chi connectivity index (χ0n) is 10.9. The minimum absolute atomic E-state index is 0.120. The van der Waals surface area contributed by atoms with Crippen LogP contribution in [0.25, 0.3) is 10.8 Å². The highest BCUT2D eigenvalue weighted by atomic mass is 32.1. The lowest BCUT2D eigenvalue weighted by atomic mass is 10.0. The highest BCUT2D eigenvalue weighted by Crippen LogP contribution is 2.29. The SMILES string of the molecule is CC(c1ccc2ccccc2c1)N1CC(S)CC1=O. The second-order valence-electron chi connectivity index (χ2n) is 5.19. The third-order valence-corrected chi connectivity index (χ3v) is 4.21. The smallest absolute Gasteiger partial charge is 0.224 e. The molecule has 1 amide bonds. The lowest BCUT2D eigenvalue weighted by Crippen LogP contribution is -2.28. The van der Waals surface area contributed by atoms with E-state index in [1.807, 2.05) is 17.0 Å². The molecule has 0 radical (unpaired) electrons. The Balaban J connectivity index is 1.93. The molecule has 0 N–H and O–H groups in total. The zero-order valence-corrected chi connectivity index (χ0v) is 11.8. The average molecular weight is 271 g/mol. The summed E-state index contributed by atoms with van der Waals surface area (Å²) < 4.78 is 0. The molecule has 0 bridgehead atoms. The summed E-state index contributed by atoms with van der Waals surface area (Å²) in [4.78, 5) is 13.9. The van der Waals surface area contributed by atoms with Crippen LogP contribution < -0.4 is 0 Å². The van der Waals surface area contributed by atoms with Gasteiger partial charge in [-0.25, -0.2) is 0 Å². The van der Waals surface area contributed by atoms with E-state index in [1.165, 1.54) is 16.3 Å². The van der Waals surface area contributed by atoms with E-state index < -0.39 is 0 Å². The molecule has 2 unspecified atom stereocenters. The van der Waals surface area contributed by atoms with Gasteiger partial charge in [-0.15, -0.1) is 0 Å². The van der Waals surface area contributed by atoms with Crippen molar-refractivity contribution in [3.05, 3.63) is 48.0 Å². The summed E-state index contributed by atoms with van der Waals surface area (Å²) >= 11 is 4.41. The van der Waals surface area contributed by atoms with Gasteiger partial charge in [0.2, 0.25) is 5.91 Å². The van der Waals surface area contributed by atoms with E-state index >= 15 is 0 Å². The molecular formula is C16H17NOS. The first-order valence-electron chi connectivity index (χ1n) is 6.61. The van der Waals surface area contributed by atoms with E-state index in [4.69, 9.17) is 0 Å². The van der Waals surface area contributed by atoms with Crippen LogP contribution in [0.1, 0.15) is 24.9 Å². The predicted octanol–water partition coefficient (Wildman–Crippen LogP) is 3.43. The molecule has 1 saturated heterocycles. The van der Waals surface area contributed by atoms with Crippen LogP contribution in [0.4, 0.5) is 0 Å². The fourth-order valence-electron chi connectivity index (χ4n) is 2.73. The Morgan fingerprint density at radius 1 is 1.21 bits per heavy atom. The van der Waals surface area contributed by atoms with Crippen molar-refractivity contribution in [1.29, 1.82) is 0 Å². The Morgan fingerprint density at radius 3 is 2.63 bits per heavy atom. The molecule has 2 atom stereocenters. The van der Waals surface area contributed by atoms with E-state index in [-0.39, 0.29) is 17.2 Å². The first-order valence-corrected chi connectivity index (χ1v) is 7.13. The van der Waals surface area contributed by atoms with Gasteiger partial charge >= 0.3 is 0 Å². The first kappa shape index (κ1) is 12.5. The van der Waals surface area contributed by atoms with Gasteiger partial charge in [-0.2, -0.15) is 12.6 Å². The summed E-state index contributed by atoms with van der Waals surface area (Å²) in [7, 11) is 0. The van der Waals surface area contributed by atoms with E-state index in [0.29, 0.717) is 6.42 Å². The quantitative estimate of drug-likeness (QED) is 0.830. The number of hydrogen-bond donors (Lipinski definition) is 1. The first-order chi connectivity index (χ1) is 9.15. The third kappa shape index (κ3) is 2.35. The van der Waals surface area contributed by atoms with Crippen molar-refractivity contribution in [3.63, 3.8) is 0 Å². The number of carbonyl (C=O) groups is 1. The van der Waals surface area contributed by atoms with Crippen molar-refractivity contribution in [3.8, 4) is 0 Å². The molecule has 2 nitrogen and oxygen atoms in total. The summed E-state index contributed by atoms with van der Waals surface area (Å²) in [6, 6.07) is 14.8. The van der Waals surface area contributed by atoms with Gasteiger partial charge in [0, 0.05) is 18.2 Å². The Labute approximate surface area is 118 Å². The monoisotopic (exact) mass is 271 g/mol. The molecule has 0 aliphatic carbocycles. The molecule has 0 saturated carbocycles. The maximum absolute atomic E-state index is 11.9. The molecule has 1 aliphatic rings. The largest absolute Gasteiger partial charge is 0.335 e. The van der Waals surface area contributed by atoms with E-state index in [1.54, 1.807) is 0 Å². The minimum atomic E-state index is 0.120. The number of likely N-dealkylation sites (tertiary alicyclic amines) is 1. The molecule has 2 aromatic rings. The molecule has 19 heavy (non-hydrogen) atoms. The second-order valence-corrected chi connectivity index (χ2v) is 5.92. The van der Waals surface area contributed by atoms with Crippen LogP contribution in [-0.2, 0) is 4.79 Å². The minimum Gasteiger partial charge on any atom is -0.335 e. The van der Waals surface area contributed by atoms with Gasteiger partial charge in [-0.3, -0.25) is 4.79 Å². The number of carbonyl (C=O) groups excluding carboxylic acids is 1. The number of nitrogens with zero attached hydrogens (tertiary/aromatic N) is 1. The number of hydrogen-bond acceptors (Lipinski definition) is 2. The predicted molar refractivity (Wildman–Crippen MR) is 81.5 cm³/mol. The summed E-state index contributed by atoms with van der Waals surface area (Å²) in [5.74, 6) is 0.209. The van der Waals surface area contributed by atoms with Crippen LogP contribution >= 0.6 is 12.6 Å². The summed E-state index contributed by atoms with van der Waals surface area (Å²) in [5, 5.41) is 2.63. The van der Waals surface area contributed by atoms with E-state index in [9.17, 15) is 4.79 Å². The Kier molecular flexibility index (Phi) is 3.23. The fourth-order valence-corrected chi connectivity index (χ4v) is 3.07. The van der Waals surface area contributed by atoms with Crippen molar-refractivity contribution < 1.29 is 4.79 Å². The molecule has 2 aromatic carbocycles. The summed E-state index contributed by atoms with van der Waals surface area (Å²) in [5.41, 5.74) is 1.19. The normalized spacial score (nSPS) is 21.1. The Hall–Kier alpha value is -1.48. The number of rotatable bonds is 2. The fraction of sp³-hybridized carbons (Fsp3) is 0.312. The van der Waals surface area contributed by atoms with Gasteiger partial charge in [-0.05, 0) is 29.3 Å². The Morgan fingerprint density at radius 2 is 1.95 bits per heavy atom. The molecule has 3 rings (SSSR count). The lowest BCUT2D eigenvalue weighted by molar-refractivity contribution is -0.129. The van der Waals surface area contributed by atoms with Crippen LogP contribution in [0.2, 0.25) is 0 Å². The molecule has 1 aliphatic heterocycles. The maximum atomic E-state index is 11.9. The standard InChI is InChI=1S/C16H17NOS/c1-11(17-10-15(19)9-16(17)18)13-7-6-12-4-2-3-5-14(12)8-13/h2-8,11,15,19H,9-10H2,1H3. The van der Waals surface area contributed by atoms with Crippen LogP contribution in [0.5, 0.6) is 0 Å². The van der Waals surface area contributed by atoms with Crippen LogP contribution in [0, 0.1) is 0 Å². The third-order valence-electron chi connectivity index (χ3n) is 3.86. The van der Waals surface area contributed by atoms with Crippen LogP contribution in [-0.4, -0.2) is 22.6 Å². The molecule has 3 heteroatoms. The van der Waals surface area contributed by atoms with Crippen molar-refractivity contribution in [2.75, 3.05) is 6.54 Å². The molecule has 0 aromatic heterocycles. The van der Waals surface area contributed by atoms with Gasteiger partial charge in [-0.1, -0.05) is 36.4 Å². The van der Waals surface area contributed by atoms with Crippen molar-refractivity contribution in [2.24, 2.45) is 0 Å². The highest BCUT2D eigenvalue weighted by molar-refractivity contribution is 7.81. The van der Waals surface area contributed by atoms with Crippen molar-refractivity contribution >= 4 is 29.3 Å². The number of benzene rings is 2. The van der Waals surface area contributed by atoms with E-state index in [0.717, 1.165) is 6.54 Å². The van der Waals surface area contributed by atoms with Gasteiger partial charge < -0.3 is 4.90 Å². The van der Waals surface area contributed by atoms with Crippen LogP contribution in [0.3, 0.4) is 0 Å². The van der Waals surface area contributed by atoms with Gasteiger partial charge in [0.1, 0.15) is 0 Å². The number of amides is 1. The van der Waals surface area contributed by atoms with E-state index in [2.05, 4.69) is 49.9 Å². The molecule has 98 valence electrons. The summed E-state index contributed by atoms with van der Waals surface area (Å²) in [6.45, 7) is 2.84. The number of fused-ring (bicyclic) bond motifs is 1. The maximum Gasteiger partial charge on any atom is 0.224 e. The summed E-state index contributed by atoms with van der Waals surface area (Å²) in [6.07, 6.45) is 0.557. The van der Waals surface area contributed by atoms with Gasteiger partial charge in [0.05, 0.1) is 6.04 Å². The molecule has 1 fully saturated rings. The lowest BCUT2D eigenvalue weighted by Gasteiger charge is -2.25. The topological polar surface area (TPSA) is 20.3 Å². The van der Waals surface area contributed by atoms with Gasteiger partial charge in [0.15, 0.2) is 0 Å². The molecular weight excluding hydrogens is 254 g/mol. The molecule has 0 spiro atoms. The molecule has 1 heterocycles. The average Bonchev–Trinajstić information content (AvgIpc) is 2.76. The zero-order chi connectivity index (χ0) is 13.4. The van der Waals surface area contributed by atoms with Gasteiger partial charge in [0.25, 0.3) is 0 Å². The number of thiol groups is 1. The van der Waals surface area contributed by atoms with Crippen molar-refractivity contribution in [2.45, 2.75) is 24.6 Å². The van der Waals surface area contributed by atoms with Crippen molar-refractivity contribution in [1.82, 2.24) is 4.90 Å². The van der Waals surface area contributed by atoms with Crippen LogP contribution in [0.15, 0.2) is 42.5 Å². The second kappa shape index (κ2) is 4.89.